The first-order valence-corrected chi connectivity index (χ1v) is 10.1. The van der Waals surface area contributed by atoms with Crippen LogP contribution in [0.4, 0.5) is 0 Å². The molecule has 0 fully saturated rings. The van der Waals surface area contributed by atoms with Gasteiger partial charge in [0.1, 0.15) is 0 Å². The van der Waals surface area contributed by atoms with Gasteiger partial charge in [-0.3, -0.25) is 9.59 Å². The molecule has 0 radical (unpaired) electrons. The number of rotatable bonds is 8. The van der Waals surface area contributed by atoms with Crippen LogP contribution in [0.15, 0.2) is 52.4 Å². The van der Waals surface area contributed by atoms with Crippen molar-refractivity contribution < 1.29 is 14.3 Å². The van der Waals surface area contributed by atoms with Crippen molar-refractivity contribution in [3.05, 3.63) is 64.1 Å². The number of nitrogens with one attached hydrogen (secondary N) is 1. The van der Waals surface area contributed by atoms with Crippen LogP contribution in [0.5, 0.6) is 11.5 Å². The number of hydrazone groups is 1. The second-order valence-corrected chi connectivity index (χ2v) is 7.37. The Morgan fingerprint density at radius 2 is 1.90 bits per heavy atom. The van der Waals surface area contributed by atoms with E-state index in [0.717, 1.165) is 10.2 Å². The number of ether oxygens (including phenoxy) is 2. The molecule has 0 bridgehead atoms. The number of hydrogen-bond acceptors (Lipinski definition) is 6. The van der Waals surface area contributed by atoms with Gasteiger partial charge in [0, 0.05) is 12.4 Å². The summed E-state index contributed by atoms with van der Waals surface area (Å²) in [7, 11) is 1.51. The van der Waals surface area contributed by atoms with Gasteiger partial charge in [-0.05, 0) is 42.7 Å². The minimum atomic E-state index is -0.509. The van der Waals surface area contributed by atoms with Crippen LogP contribution >= 0.6 is 0 Å². The number of nitrogens with zero attached hydrogens (tertiary/aromatic N) is 3. The lowest BCUT2D eigenvalue weighted by Crippen LogP contribution is -2.27. The molecule has 3 aromatic rings. The van der Waals surface area contributed by atoms with Crippen molar-refractivity contribution in [2.24, 2.45) is 18.1 Å². The Kier molecular flexibility index (Phi) is 7.02. The van der Waals surface area contributed by atoms with Gasteiger partial charge >= 0.3 is 0 Å². The molecule has 162 valence electrons. The number of carbonyl (C=O) groups excluding carboxylic acids is 1. The average molecular weight is 422 g/mol. The first-order valence-electron chi connectivity index (χ1n) is 10.1. The third-order valence-electron chi connectivity index (χ3n) is 4.39. The molecule has 1 amide bonds. The molecule has 0 aliphatic heterocycles. The van der Waals surface area contributed by atoms with E-state index >= 15 is 0 Å². The number of fused-ring (bicyclic) bond motifs is 1. The highest BCUT2D eigenvalue weighted by Crippen LogP contribution is 2.28. The highest BCUT2D eigenvalue weighted by molar-refractivity contribution is 6.04. The van der Waals surface area contributed by atoms with Crippen molar-refractivity contribution in [1.29, 1.82) is 0 Å². The second-order valence-electron chi connectivity index (χ2n) is 7.37. The van der Waals surface area contributed by atoms with Gasteiger partial charge in [0.2, 0.25) is 0 Å². The van der Waals surface area contributed by atoms with Gasteiger partial charge in [-0.15, -0.1) is 0 Å². The maximum absolute atomic E-state index is 12.6. The number of benzene rings is 2. The molecule has 0 spiro atoms. The number of amides is 1. The summed E-state index contributed by atoms with van der Waals surface area (Å²) in [5.41, 5.74) is 3.07. The molecule has 3 rings (SSSR count). The van der Waals surface area contributed by atoms with Crippen LogP contribution in [0.25, 0.3) is 10.8 Å². The van der Waals surface area contributed by atoms with E-state index in [1.807, 2.05) is 19.1 Å². The molecule has 1 N–H and O–H groups in total. The Hall–Kier alpha value is -3.68. The third kappa shape index (κ3) is 5.28. The van der Waals surface area contributed by atoms with Crippen molar-refractivity contribution in [3.63, 3.8) is 0 Å². The van der Waals surface area contributed by atoms with E-state index in [-0.39, 0.29) is 11.3 Å². The Bertz CT molecular complexity index is 1170. The summed E-state index contributed by atoms with van der Waals surface area (Å²) in [6, 6.07) is 12.3. The first-order chi connectivity index (χ1) is 14.9. The first kappa shape index (κ1) is 22.0. The van der Waals surface area contributed by atoms with E-state index in [4.69, 9.17) is 9.47 Å². The van der Waals surface area contributed by atoms with E-state index in [1.54, 1.807) is 30.3 Å². The maximum atomic E-state index is 12.6. The minimum absolute atomic E-state index is 0.127. The van der Waals surface area contributed by atoms with Crippen LogP contribution in [-0.2, 0) is 7.05 Å². The van der Waals surface area contributed by atoms with Gasteiger partial charge in [0.15, 0.2) is 17.2 Å². The van der Waals surface area contributed by atoms with Crippen LogP contribution in [0.3, 0.4) is 0 Å². The molecule has 31 heavy (non-hydrogen) atoms. The fourth-order valence-electron chi connectivity index (χ4n) is 2.93. The largest absolute Gasteiger partial charge is 0.490 e. The van der Waals surface area contributed by atoms with Gasteiger partial charge in [-0.2, -0.15) is 10.2 Å². The van der Waals surface area contributed by atoms with E-state index in [2.05, 4.69) is 29.5 Å². The zero-order valence-corrected chi connectivity index (χ0v) is 18.1. The summed E-state index contributed by atoms with van der Waals surface area (Å²) >= 11 is 0. The fourth-order valence-corrected chi connectivity index (χ4v) is 2.93. The summed E-state index contributed by atoms with van der Waals surface area (Å²) < 4.78 is 12.6. The van der Waals surface area contributed by atoms with Crippen LogP contribution in [0, 0.1) is 5.92 Å². The van der Waals surface area contributed by atoms with E-state index < -0.39 is 5.91 Å². The third-order valence-corrected chi connectivity index (χ3v) is 4.39. The quantitative estimate of drug-likeness (QED) is 0.445. The lowest BCUT2D eigenvalue weighted by atomic mass is 10.1. The fraction of sp³-hybridized carbons (Fsp3) is 0.304. The molecular formula is C23H26N4O4. The number of aromatic nitrogens is 2. The van der Waals surface area contributed by atoms with Crippen molar-refractivity contribution in [1.82, 2.24) is 15.2 Å². The Morgan fingerprint density at radius 3 is 2.61 bits per heavy atom. The van der Waals surface area contributed by atoms with E-state index in [0.29, 0.717) is 41.4 Å². The van der Waals surface area contributed by atoms with Crippen molar-refractivity contribution in [2.75, 3.05) is 13.2 Å². The maximum Gasteiger partial charge on any atom is 0.292 e. The molecule has 1 heterocycles. The summed E-state index contributed by atoms with van der Waals surface area (Å²) in [6.45, 7) is 7.14. The van der Waals surface area contributed by atoms with Crippen molar-refractivity contribution >= 4 is 22.9 Å². The summed E-state index contributed by atoms with van der Waals surface area (Å²) in [5.74, 6) is 1.17. The average Bonchev–Trinajstić information content (AvgIpc) is 2.75. The Labute approximate surface area is 180 Å². The van der Waals surface area contributed by atoms with Crippen LogP contribution in [0.1, 0.15) is 36.8 Å². The number of aryl methyl sites for hydroxylation is 1. The van der Waals surface area contributed by atoms with Gasteiger partial charge in [-0.25, -0.2) is 10.1 Å². The summed E-state index contributed by atoms with van der Waals surface area (Å²) in [6.07, 6.45) is 1.51. The molecule has 0 unspecified atom stereocenters. The number of carbonyl (C=O) groups is 1. The Balaban J connectivity index is 1.78. The smallest absolute Gasteiger partial charge is 0.292 e. The monoisotopic (exact) mass is 422 g/mol. The van der Waals surface area contributed by atoms with Gasteiger partial charge in [0.25, 0.3) is 11.5 Å². The lowest BCUT2D eigenvalue weighted by Gasteiger charge is -2.13. The van der Waals surface area contributed by atoms with E-state index in [1.165, 1.54) is 13.3 Å². The molecule has 1 aromatic heterocycles. The molecule has 0 saturated heterocycles. The molecule has 0 aliphatic carbocycles. The second kappa shape index (κ2) is 9.88. The molecule has 8 heteroatoms. The predicted molar refractivity (Wildman–Crippen MR) is 120 cm³/mol. The highest BCUT2D eigenvalue weighted by atomic mass is 16.5. The predicted octanol–water partition coefficient (Wildman–Crippen LogP) is 3.13. The molecule has 8 nitrogen and oxygen atoms in total. The van der Waals surface area contributed by atoms with Crippen LogP contribution < -0.4 is 20.5 Å². The van der Waals surface area contributed by atoms with Gasteiger partial charge in [0.05, 0.1) is 24.8 Å². The Morgan fingerprint density at radius 1 is 1.16 bits per heavy atom. The molecule has 0 aliphatic rings. The summed E-state index contributed by atoms with van der Waals surface area (Å²) in [5, 5.41) is 9.03. The standard InChI is InChI=1S/C23H26N4O4/c1-5-30-20-12-16(10-11-19(20)31-14-15(2)3)13-24-25-22(28)21-17-8-6-7-9-18(17)23(29)27(4)26-21/h6-13,15H,5,14H2,1-4H3,(H,25,28)/b24-13-. The lowest BCUT2D eigenvalue weighted by molar-refractivity contribution is 0.0950. The summed E-state index contributed by atoms with van der Waals surface area (Å²) in [4.78, 5) is 24.9. The minimum Gasteiger partial charge on any atom is -0.490 e. The molecular weight excluding hydrogens is 396 g/mol. The highest BCUT2D eigenvalue weighted by Gasteiger charge is 2.15. The SMILES string of the molecule is CCOc1cc(/C=N\NC(=O)c2nn(C)c(=O)c3ccccc23)ccc1OCC(C)C. The molecule has 0 atom stereocenters. The van der Waals surface area contributed by atoms with Crippen molar-refractivity contribution in [3.8, 4) is 11.5 Å². The van der Waals surface area contributed by atoms with Gasteiger partial charge in [-0.1, -0.05) is 32.0 Å². The molecule has 2 aromatic carbocycles. The zero-order valence-electron chi connectivity index (χ0n) is 18.1. The van der Waals surface area contributed by atoms with Crippen LogP contribution in [-0.4, -0.2) is 35.1 Å². The number of hydrogen-bond donors (Lipinski definition) is 1. The van der Waals surface area contributed by atoms with Crippen molar-refractivity contribution in [2.45, 2.75) is 20.8 Å². The van der Waals surface area contributed by atoms with Crippen LogP contribution in [0.2, 0.25) is 0 Å². The topological polar surface area (TPSA) is 94.8 Å². The van der Waals surface area contributed by atoms with Gasteiger partial charge < -0.3 is 9.47 Å². The molecule has 0 saturated carbocycles. The zero-order chi connectivity index (χ0) is 22.4. The van der Waals surface area contributed by atoms with E-state index in [9.17, 15) is 9.59 Å². The normalized spacial score (nSPS) is 11.3.